The lowest BCUT2D eigenvalue weighted by Crippen LogP contribution is -2.39. The van der Waals surface area contributed by atoms with E-state index in [0.717, 1.165) is 5.57 Å². The summed E-state index contributed by atoms with van der Waals surface area (Å²) in [5, 5.41) is 11.1. The number of carbonyl (C=O) groups is 4. The van der Waals surface area contributed by atoms with Crippen molar-refractivity contribution in [2.75, 3.05) is 12.0 Å². The summed E-state index contributed by atoms with van der Waals surface area (Å²) < 4.78 is 5.47. The molecule has 0 radical (unpaired) electrons. The van der Waals surface area contributed by atoms with Crippen molar-refractivity contribution < 1.29 is 29.0 Å². The van der Waals surface area contributed by atoms with Gasteiger partial charge in [0.1, 0.15) is 0 Å². The number of allylic oxidation sites excluding steroid dienone is 6. The van der Waals surface area contributed by atoms with Crippen molar-refractivity contribution in [3.05, 3.63) is 87.4 Å². The van der Waals surface area contributed by atoms with E-state index >= 15 is 0 Å². The Morgan fingerprint density at radius 1 is 0.973 bits per heavy atom. The van der Waals surface area contributed by atoms with Crippen molar-refractivity contribution in [3.8, 4) is 11.5 Å². The summed E-state index contributed by atoms with van der Waals surface area (Å²) >= 11 is 3.22. The zero-order valence-corrected chi connectivity index (χ0v) is 21.4. The van der Waals surface area contributed by atoms with Gasteiger partial charge in [-0.15, -0.1) is 0 Å². The lowest BCUT2D eigenvalue weighted by atomic mass is 9.59. The molecule has 2 amide bonds. The van der Waals surface area contributed by atoms with E-state index in [9.17, 15) is 24.3 Å². The highest BCUT2D eigenvalue weighted by Crippen LogP contribution is 2.57. The van der Waals surface area contributed by atoms with Crippen LogP contribution in [0.3, 0.4) is 0 Å². The van der Waals surface area contributed by atoms with Crippen LogP contribution in [0.4, 0.5) is 5.69 Å². The standard InChI is InChI=1S/C29H22BrNO6/c1-37-22-9-5-8-16(27(22)34)23-15-10-11-17-24(29(36)31(28(17)35)14-6-3-2-4-7-14)18(15)12-19-25(23)21(32)13-20(30)26(19)33/h2-10,13,17-18,23-24,34H,11-12H2,1H3/t17-,18+,23+,24-/m0/s1. The molecule has 37 heavy (non-hydrogen) atoms. The number of ether oxygens (including phenoxy) is 1. The second-order valence-electron chi connectivity index (χ2n) is 9.64. The predicted octanol–water partition coefficient (Wildman–Crippen LogP) is 4.37. The van der Waals surface area contributed by atoms with Gasteiger partial charge in [0.2, 0.25) is 11.8 Å². The number of amides is 2. The van der Waals surface area contributed by atoms with Crippen LogP contribution in [0.15, 0.2) is 81.9 Å². The molecule has 0 unspecified atom stereocenters. The van der Waals surface area contributed by atoms with Gasteiger partial charge in [0.25, 0.3) is 0 Å². The van der Waals surface area contributed by atoms with E-state index in [1.807, 2.05) is 12.1 Å². The average Bonchev–Trinajstić information content (AvgIpc) is 3.16. The van der Waals surface area contributed by atoms with Crippen LogP contribution in [0.2, 0.25) is 0 Å². The van der Waals surface area contributed by atoms with Gasteiger partial charge in [0.15, 0.2) is 23.1 Å². The van der Waals surface area contributed by atoms with Crippen LogP contribution >= 0.6 is 15.9 Å². The molecular weight excluding hydrogens is 538 g/mol. The van der Waals surface area contributed by atoms with Gasteiger partial charge in [-0.05, 0) is 52.9 Å². The number of Topliss-reactive ketones (excluding diaryl/α,β-unsaturated/α-hetero) is 1. The number of methoxy groups -OCH3 is 1. The first-order valence-electron chi connectivity index (χ1n) is 12.0. The molecule has 0 aromatic heterocycles. The molecule has 3 aliphatic carbocycles. The average molecular weight is 560 g/mol. The summed E-state index contributed by atoms with van der Waals surface area (Å²) in [4.78, 5) is 55.1. The first kappa shape index (κ1) is 23.6. The van der Waals surface area contributed by atoms with E-state index in [1.165, 1.54) is 18.1 Å². The van der Waals surface area contributed by atoms with Gasteiger partial charge in [-0.2, -0.15) is 0 Å². The topological polar surface area (TPSA) is 101 Å². The van der Waals surface area contributed by atoms with Gasteiger partial charge in [-0.3, -0.25) is 24.1 Å². The van der Waals surface area contributed by atoms with E-state index in [1.54, 1.807) is 42.5 Å². The van der Waals surface area contributed by atoms with Crippen molar-refractivity contribution in [2.24, 2.45) is 17.8 Å². The summed E-state index contributed by atoms with van der Waals surface area (Å²) in [5.74, 6) is -3.55. The molecule has 2 aromatic rings. The van der Waals surface area contributed by atoms with Gasteiger partial charge < -0.3 is 9.84 Å². The van der Waals surface area contributed by atoms with Crippen molar-refractivity contribution in [2.45, 2.75) is 18.8 Å². The minimum Gasteiger partial charge on any atom is -0.504 e. The number of anilines is 1. The van der Waals surface area contributed by atoms with Crippen LogP contribution in [-0.2, 0) is 19.2 Å². The fraction of sp³-hybridized carbons (Fsp3) is 0.241. The number of hydrogen-bond acceptors (Lipinski definition) is 6. The number of benzene rings is 2. The fourth-order valence-corrected chi connectivity index (χ4v) is 6.78. The van der Waals surface area contributed by atoms with Gasteiger partial charge in [0.05, 0.1) is 29.1 Å². The molecule has 1 saturated heterocycles. The van der Waals surface area contributed by atoms with E-state index in [0.29, 0.717) is 28.8 Å². The molecule has 0 spiro atoms. The molecule has 6 rings (SSSR count). The third-order valence-corrected chi connectivity index (χ3v) is 8.50. The molecule has 2 aromatic carbocycles. The molecule has 0 saturated carbocycles. The lowest BCUT2D eigenvalue weighted by Gasteiger charge is -2.42. The van der Waals surface area contributed by atoms with E-state index < -0.39 is 23.7 Å². The Labute approximate surface area is 221 Å². The third-order valence-electron chi connectivity index (χ3n) is 7.91. The summed E-state index contributed by atoms with van der Waals surface area (Å²) in [6.07, 6.45) is 3.68. The highest BCUT2D eigenvalue weighted by Gasteiger charge is 2.56. The molecule has 8 heteroatoms. The highest BCUT2D eigenvalue weighted by molar-refractivity contribution is 9.12. The SMILES string of the molecule is COc1cccc([C@H]2C3=CC[C@@H]4C(=O)N(c5ccccc5)C(=O)[C@@H]4[C@@H]3CC3=C2C(=O)C=C(Br)C3=O)c1O. The number of ketones is 2. The van der Waals surface area contributed by atoms with Gasteiger partial charge in [0, 0.05) is 28.7 Å². The van der Waals surface area contributed by atoms with E-state index in [2.05, 4.69) is 15.9 Å². The molecule has 4 atom stereocenters. The number of halogens is 1. The summed E-state index contributed by atoms with van der Waals surface area (Å²) in [6.45, 7) is 0. The lowest BCUT2D eigenvalue weighted by molar-refractivity contribution is -0.123. The molecular formula is C29H22BrNO6. The zero-order valence-electron chi connectivity index (χ0n) is 19.8. The molecule has 1 aliphatic heterocycles. The summed E-state index contributed by atoms with van der Waals surface area (Å²) in [6, 6.07) is 13.8. The molecule has 0 bridgehead atoms. The minimum absolute atomic E-state index is 0.126. The van der Waals surface area contributed by atoms with Crippen LogP contribution in [-0.4, -0.2) is 35.6 Å². The van der Waals surface area contributed by atoms with Crippen molar-refractivity contribution in [3.63, 3.8) is 0 Å². The summed E-state index contributed by atoms with van der Waals surface area (Å²) in [7, 11) is 1.44. The highest BCUT2D eigenvalue weighted by atomic mass is 79.9. The molecule has 1 heterocycles. The number of hydrogen-bond donors (Lipinski definition) is 1. The number of nitrogens with zero attached hydrogens (tertiary/aromatic N) is 1. The van der Waals surface area contributed by atoms with Crippen molar-refractivity contribution in [1.29, 1.82) is 0 Å². The van der Waals surface area contributed by atoms with Gasteiger partial charge in [-0.25, -0.2) is 0 Å². The Hall–Kier alpha value is -3.78. The van der Waals surface area contributed by atoms with Crippen LogP contribution < -0.4 is 9.64 Å². The number of rotatable bonds is 3. The van der Waals surface area contributed by atoms with Gasteiger partial charge in [-0.1, -0.05) is 42.0 Å². The predicted molar refractivity (Wildman–Crippen MR) is 138 cm³/mol. The Kier molecular flexibility index (Phi) is 5.53. The van der Waals surface area contributed by atoms with E-state index in [-0.39, 0.29) is 45.8 Å². The van der Waals surface area contributed by atoms with E-state index in [4.69, 9.17) is 4.74 Å². The Bertz CT molecular complexity index is 1490. The molecule has 186 valence electrons. The first-order chi connectivity index (χ1) is 17.8. The normalized spacial score (nSPS) is 26.9. The van der Waals surface area contributed by atoms with Crippen molar-refractivity contribution in [1.82, 2.24) is 0 Å². The number of phenolic OH excluding ortho intramolecular Hbond substituents is 1. The second kappa shape index (κ2) is 8.66. The molecule has 1 fully saturated rings. The van der Waals surface area contributed by atoms with Crippen LogP contribution in [0.5, 0.6) is 11.5 Å². The Balaban J connectivity index is 1.52. The number of carbonyl (C=O) groups excluding carboxylic acids is 4. The minimum atomic E-state index is -0.744. The number of imide groups is 1. The number of fused-ring (bicyclic) bond motifs is 3. The van der Waals surface area contributed by atoms with Crippen LogP contribution in [0.1, 0.15) is 24.3 Å². The largest absolute Gasteiger partial charge is 0.504 e. The number of aromatic hydroxyl groups is 1. The number of para-hydroxylation sites is 2. The number of phenols is 1. The molecule has 7 nitrogen and oxygen atoms in total. The zero-order chi connectivity index (χ0) is 26.0. The Morgan fingerprint density at radius 3 is 2.46 bits per heavy atom. The maximum Gasteiger partial charge on any atom is 0.238 e. The maximum absolute atomic E-state index is 13.8. The summed E-state index contributed by atoms with van der Waals surface area (Å²) in [5.41, 5.74) is 2.32. The molecule has 1 N–H and O–H groups in total. The monoisotopic (exact) mass is 559 g/mol. The van der Waals surface area contributed by atoms with Crippen LogP contribution in [0.25, 0.3) is 0 Å². The maximum atomic E-state index is 13.8. The fourth-order valence-electron chi connectivity index (χ4n) is 6.33. The van der Waals surface area contributed by atoms with Crippen LogP contribution in [0, 0.1) is 17.8 Å². The Morgan fingerprint density at radius 2 is 1.73 bits per heavy atom. The third kappa shape index (κ3) is 3.39. The first-order valence-corrected chi connectivity index (χ1v) is 12.8. The smallest absolute Gasteiger partial charge is 0.238 e. The second-order valence-corrected chi connectivity index (χ2v) is 10.5. The van der Waals surface area contributed by atoms with Gasteiger partial charge >= 0.3 is 0 Å². The quantitative estimate of drug-likeness (QED) is 0.340. The van der Waals surface area contributed by atoms with Crippen molar-refractivity contribution >= 4 is 45.0 Å². The molecule has 4 aliphatic rings.